The van der Waals surface area contributed by atoms with E-state index >= 15 is 0 Å². The molecule has 0 radical (unpaired) electrons. The summed E-state index contributed by atoms with van der Waals surface area (Å²) in [4.78, 5) is 25.1. The van der Waals surface area contributed by atoms with Crippen LogP contribution in [-0.2, 0) is 14.3 Å². The van der Waals surface area contributed by atoms with E-state index in [1.165, 1.54) is 12.5 Å². The average molecular weight is 430 g/mol. The fraction of sp³-hybridized carbons (Fsp3) is 0.231. The Labute approximate surface area is 185 Å². The highest BCUT2D eigenvalue weighted by Crippen LogP contribution is 2.35. The van der Waals surface area contributed by atoms with E-state index in [2.05, 4.69) is 0 Å². The lowest BCUT2D eigenvalue weighted by Gasteiger charge is -2.36. The maximum Gasteiger partial charge on any atom is 0.374 e. The molecule has 3 atom stereocenters. The summed E-state index contributed by atoms with van der Waals surface area (Å²) in [6.45, 7) is 0. The van der Waals surface area contributed by atoms with Crippen molar-refractivity contribution in [3.05, 3.63) is 90.8 Å². The third-order valence-corrected chi connectivity index (χ3v) is 5.86. The molecule has 0 amide bonds. The largest absolute Gasteiger partial charge is 0.493 e. The Morgan fingerprint density at radius 3 is 2.44 bits per heavy atom. The van der Waals surface area contributed by atoms with E-state index < -0.39 is 5.97 Å². The van der Waals surface area contributed by atoms with E-state index in [9.17, 15) is 9.59 Å². The fourth-order valence-corrected chi connectivity index (χ4v) is 4.19. The van der Waals surface area contributed by atoms with Crippen LogP contribution in [0.2, 0.25) is 0 Å². The lowest BCUT2D eigenvalue weighted by atomic mass is 9.80. The van der Waals surface area contributed by atoms with Crippen LogP contribution in [0.25, 0.3) is 11.1 Å². The summed E-state index contributed by atoms with van der Waals surface area (Å²) in [6.07, 6.45) is 3.76. The Morgan fingerprint density at radius 1 is 0.906 bits per heavy atom. The molecule has 0 spiro atoms. The Kier molecular flexibility index (Phi) is 5.50. The highest BCUT2D eigenvalue weighted by molar-refractivity contribution is 5.96. The van der Waals surface area contributed by atoms with Gasteiger partial charge in [-0.1, -0.05) is 42.5 Å². The standard InChI is InChI=1S/C26H22O6/c27-25-21-13-12-20(32-26(28)22-7-4-14-29-22)15-23(21)30-16-24(25)31-19-10-8-18(9-11-19)17-5-2-1-3-6-17/h1-11,14,16,20-21,23H,12-13,15H2. The number of ether oxygens (including phenoxy) is 3. The molecule has 1 saturated carbocycles. The number of fused-ring (bicyclic) bond motifs is 1. The highest BCUT2D eigenvalue weighted by Gasteiger charge is 2.42. The van der Waals surface area contributed by atoms with Crippen LogP contribution in [0.3, 0.4) is 0 Å². The number of carbonyl (C=O) groups excluding carboxylic acids is 2. The zero-order chi connectivity index (χ0) is 21.9. The van der Waals surface area contributed by atoms with E-state index in [4.69, 9.17) is 18.6 Å². The van der Waals surface area contributed by atoms with Gasteiger partial charge >= 0.3 is 5.97 Å². The van der Waals surface area contributed by atoms with Gasteiger partial charge in [-0.05, 0) is 48.2 Å². The summed E-state index contributed by atoms with van der Waals surface area (Å²) in [6, 6.07) is 20.8. The highest BCUT2D eigenvalue weighted by atomic mass is 16.6. The number of ketones is 1. The summed E-state index contributed by atoms with van der Waals surface area (Å²) in [5.41, 5.74) is 2.18. The number of carbonyl (C=O) groups is 2. The second kappa shape index (κ2) is 8.75. The molecule has 0 bridgehead atoms. The summed E-state index contributed by atoms with van der Waals surface area (Å²) in [7, 11) is 0. The van der Waals surface area contributed by atoms with Crippen LogP contribution in [0.4, 0.5) is 0 Å². The first-order valence-corrected chi connectivity index (χ1v) is 10.6. The third-order valence-electron chi connectivity index (χ3n) is 5.86. The SMILES string of the molecule is O=C(OC1CCC2C(=O)C(Oc3ccc(-c4ccccc4)cc3)=COC2C1)c1ccco1. The Hall–Kier alpha value is -3.80. The molecule has 5 rings (SSSR count). The van der Waals surface area contributed by atoms with Crippen molar-refractivity contribution in [3.63, 3.8) is 0 Å². The predicted octanol–water partition coefficient (Wildman–Crippen LogP) is 5.16. The van der Waals surface area contributed by atoms with Crippen LogP contribution >= 0.6 is 0 Å². The molecule has 1 aromatic heterocycles. The Bertz CT molecular complexity index is 1110. The van der Waals surface area contributed by atoms with Gasteiger partial charge in [0.25, 0.3) is 0 Å². The lowest BCUT2D eigenvalue weighted by Crippen LogP contribution is -2.43. The van der Waals surface area contributed by atoms with Gasteiger partial charge in [0, 0.05) is 6.42 Å². The van der Waals surface area contributed by atoms with Crippen LogP contribution in [-0.4, -0.2) is 24.0 Å². The molecular formula is C26H22O6. The monoisotopic (exact) mass is 430 g/mol. The van der Waals surface area contributed by atoms with Gasteiger partial charge in [-0.15, -0.1) is 0 Å². The maximum absolute atomic E-state index is 13.0. The number of allylic oxidation sites excluding steroid dienone is 1. The molecule has 0 N–H and O–H groups in total. The molecule has 1 aliphatic heterocycles. The average Bonchev–Trinajstić information content (AvgIpc) is 3.37. The molecule has 3 unspecified atom stereocenters. The van der Waals surface area contributed by atoms with Crippen molar-refractivity contribution in [1.82, 2.24) is 0 Å². The first kappa shape index (κ1) is 20.1. The molecule has 32 heavy (non-hydrogen) atoms. The van der Waals surface area contributed by atoms with Gasteiger partial charge in [-0.3, -0.25) is 4.79 Å². The number of benzene rings is 2. The van der Waals surface area contributed by atoms with Crippen LogP contribution in [0.15, 0.2) is 89.4 Å². The van der Waals surface area contributed by atoms with Crippen molar-refractivity contribution in [2.45, 2.75) is 31.5 Å². The minimum Gasteiger partial charge on any atom is -0.493 e. The van der Waals surface area contributed by atoms with Crippen LogP contribution in [0.1, 0.15) is 29.8 Å². The Balaban J connectivity index is 1.21. The molecule has 1 aliphatic carbocycles. The smallest absolute Gasteiger partial charge is 0.374 e. The summed E-state index contributed by atoms with van der Waals surface area (Å²) in [5.74, 6) is 0.0548. The lowest BCUT2D eigenvalue weighted by molar-refractivity contribution is -0.132. The number of hydrogen-bond donors (Lipinski definition) is 0. The summed E-state index contributed by atoms with van der Waals surface area (Å²) in [5, 5.41) is 0. The fourth-order valence-electron chi connectivity index (χ4n) is 4.19. The zero-order valence-corrected chi connectivity index (χ0v) is 17.3. The van der Waals surface area contributed by atoms with Gasteiger partial charge in [0.1, 0.15) is 24.2 Å². The van der Waals surface area contributed by atoms with Crippen LogP contribution < -0.4 is 4.74 Å². The molecule has 6 nitrogen and oxygen atoms in total. The molecule has 2 aromatic carbocycles. The molecule has 0 saturated heterocycles. The van der Waals surface area contributed by atoms with Gasteiger partial charge in [-0.2, -0.15) is 0 Å². The minimum atomic E-state index is -0.501. The first-order valence-electron chi connectivity index (χ1n) is 10.6. The first-order chi connectivity index (χ1) is 15.7. The van der Waals surface area contributed by atoms with Gasteiger partial charge < -0.3 is 18.6 Å². The quantitative estimate of drug-likeness (QED) is 0.521. The molecule has 6 heteroatoms. The van der Waals surface area contributed by atoms with Gasteiger partial charge in [0.2, 0.25) is 17.3 Å². The summed E-state index contributed by atoms with van der Waals surface area (Å²) < 4.78 is 22.2. The van der Waals surface area contributed by atoms with Crippen LogP contribution in [0, 0.1) is 5.92 Å². The number of esters is 1. The molecule has 2 aliphatic rings. The number of hydrogen-bond acceptors (Lipinski definition) is 6. The van der Waals surface area contributed by atoms with E-state index in [0.29, 0.717) is 25.0 Å². The second-order valence-corrected chi connectivity index (χ2v) is 7.94. The Morgan fingerprint density at radius 2 is 1.69 bits per heavy atom. The number of rotatable bonds is 5. The number of furan rings is 1. The van der Waals surface area contributed by atoms with Crippen molar-refractivity contribution < 1.29 is 28.2 Å². The van der Waals surface area contributed by atoms with E-state index in [1.54, 1.807) is 12.1 Å². The third kappa shape index (κ3) is 4.17. The van der Waals surface area contributed by atoms with E-state index in [1.807, 2.05) is 54.6 Å². The van der Waals surface area contributed by atoms with Crippen molar-refractivity contribution >= 4 is 11.8 Å². The van der Waals surface area contributed by atoms with Crippen molar-refractivity contribution in [1.29, 1.82) is 0 Å². The van der Waals surface area contributed by atoms with Crippen molar-refractivity contribution in [3.8, 4) is 16.9 Å². The van der Waals surface area contributed by atoms with Crippen LogP contribution in [0.5, 0.6) is 5.75 Å². The molecule has 3 aromatic rings. The van der Waals surface area contributed by atoms with Gasteiger partial charge in [0.05, 0.1) is 12.2 Å². The van der Waals surface area contributed by atoms with E-state index in [-0.39, 0.29) is 35.4 Å². The summed E-state index contributed by atoms with van der Waals surface area (Å²) >= 11 is 0. The van der Waals surface area contributed by atoms with E-state index in [0.717, 1.165) is 11.1 Å². The van der Waals surface area contributed by atoms with Gasteiger partial charge in [0.15, 0.2) is 0 Å². The molecule has 162 valence electrons. The normalized spacial score (nSPS) is 22.3. The second-order valence-electron chi connectivity index (χ2n) is 7.94. The predicted molar refractivity (Wildman–Crippen MR) is 116 cm³/mol. The molecule has 1 fully saturated rings. The van der Waals surface area contributed by atoms with Crippen molar-refractivity contribution in [2.24, 2.45) is 5.92 Å². The maximum atomic E-state index is 13.0. The molecule has 2 heterocycles. The molecular weight excluding hydrogens is 408 g/mol. The number of Topliss-reactive ketones (excluding diaryl/α,β-unsaturated/α-hetero) is 1. The van der Waals surface area contributed by atoms with Gasteiger partial charge in [-0.25, -0.2) is 4.79 Å². The van der Waals surface area contributed by atoms with Crippen molar-refractivity contribution in [2.75, 3.05) is 0 Å². The zero-order valence-electron chi connectivity index (χ0n) is 17.3. The topological polar surface area (TPSA) is 75.0 Å². The minimum absolute atomic E-state index is 0.0794.